The van der Waals surface area contributed by atoms with Crippen molar-refractivity contribution in [1.82, 2.24) is 4.90 Å². The Kier molecular flexibility index (Phi) is 5.40. The van der Waals surface area contributed by atoms with E-state index < -0.39 is 0 Å². The summed E-state index contributed by atoms with van der Waals surface area (Å²) in [5.74, 6) is 0. The van der Waals surface area contributed by atoms with E-state index in [-0.39, 0.29) is 12.1 Å². The Morgan fingerprint density at radius 1 is 1.10 bits per heavy atom. The zero-order valence-electron chi connectivity index (χ0n) is 12.9. The molecule has 2 nitrogen and oxygen atoms in total. The van der Waals surface area contributed by atoms with Crippen molar-refractivity contribution >= 4 is 11.6 Å². The molecule has 112 valence electrons. The van der Waals surface area contributed by atoms with Gasteiger partial charge in [0.1, 0.15) is 0 Å². The summed E-state index contributed by atoms with van der Waals surface area (Å²) in [5, 5.41) is 0.771. The van der Waals surface area contributed by atoms with Crippen molar-refractivity contribution in [3.8, 4) is 0 Å². The molecule has 2 rings (SSSR count). The van der Waals surface area contributed by atoms with Gasteiger partial charge in [-0.15, -0.1) is 0 Å². The van der Waals surface area contributed by atoms with Gasteiger partial charge in [-0.2, -0.15) is 0 Å². The fraction of sp³-hybridized carbons (Fsp3) is 0.333. The zero-order chi connectivity index (χ0) is 15.4. The molecule has 3 heteroatoms. The Labute approximate surface area is 132 Å². The number of aryl methyl sites for hydroxylation is 1. The molecule has 2 N–H and O–H groups in total. The molecular formula is C18H23ClN2. The molecular weight excluding hydrogens is 280 g/mol. The van der Waals surface area contributed by atoms with E-state index in [9.17, 15) is 0 Å². The second-order valence-electron chi connectivity index (χ2n) is 5.56. The van der Waals surface area contributed by atoms with Gasteiger partial charge in [0.2, 0.25) is 0 Å². The van der Waals surface area contributed by atoms with Crippen molar-refractivity contribution in [2.75, 3.05) is 13.6 Å². The molecule has 0 spiro atoms. The Hall–Kier alpha value is -1.35. The molecule has 0 aromatic heterocycles. The van der Waals surface area contributed by atoms with Gasteiger partial charge in [-0.3, -0.25) is 4.90 Å². The van der Waals surface area contributed by atoms with Gasteiger partial charge >= 0.3 is 0 Å². The first-order chi connectivity index (χ1) is 10.0. The first-order valence-electron chi connectivity index (χ1n) is 7.27. The maximum absolute atomic E-state index is 6.10. The lowest BCUT2D eigenvalue weighted by atomic mass is 9.99. The standard InChI is InChI=1S/C18H23ClN2/c1-13-6-4-8-16(10-13)18(12-20)21(3)14(2)15-7-5-9-17(19)11-15/h4-11,14,18H,12,20H2,1-3H3. The minimum absolute atomic E-state index is 0.193. The summed E-state index contributed by atoms with van der Waals surface area (Å²) in [6, 6.07) is 17.0. The molecule has 2 aromatic rings. The number of hydrogen-bond donors (Lipinski definition) is 1. The van der Waals surface area contributed by atoms with Crippen molar-refractivity contribution in [2.24, 2.45) is 5.73 Å². The average molecular weight is 303 g/mol. The summed E-state index contributed by atoms with van der Waals surface area (Å²) in [6.07, 6.45) is 0. The normalized spacial score (nSPS) is 14.2. The molecule has 0 heterocycles. The number of rotatable bonds is 5. The number of nitrogens with zero attached hydrogens (tertiary/aromatic N) is 1. The second-order valence-corrected chi connectivity index (χ2v) is 6.00. The molecule has 0 aliphatic rings. The number of benzene rings is 2. The van der Waals surface area contributed by atoms with Crippen molar-refractivity contribution in [1.29, 1.82) is 0 Å². The third-order valence-electron chi connectivity index (χ3n) is 4.08. The van der Waals surface area contributed by atoms with Gasteiger partial charge < -0.3 is 5.73 Å². The summed E-state index contributed by atoms with van der Waals surface area (Å²) in [5.41, 5.74) is 9.76. The largest absolute Gasteiger partial charge is 0.329 e. The first kappa shape index (κ1) is 16.0. The molecule has 0 amide bonds. The number of hydrogen-bond acceptors (Lipinski definition) is 2. The molecule has 0 saturated carbocycles. The smallest absolute Gasteiger partial charge is 0.0473 e. The van der Waals surface area contributed by atoms with Crippen LogP contribution in [-0.2, 0) is 0 Å². The third-order valence-corrected chi connectivity index (χ3v) is 4.32. The summed E-state index contributed by atoms with van der Waals surface area (Å²) in [7, 11) is 2.12. The maximum Gasteiger partial charge on any atom is 0.0473 e. The molecule has 0 radical (unpaired) electrons. The second kappa shape index (κ2) is 7.08. The van der Waals surface area contributed by atoms with Gasteiger partial charge in [-0.25, -0.2) is 0 Å². The Balaban J connectivity index is 2.25. The molecule has 0 aliphatic carbocycles. The van der Waals surface area contributed by atoms with Crippen LogP contribution in [0.15, 0.2) is 48.5 Å². The van der Waals surface area contributed by atoms with Crippen molar-refractivity contribution in [2.45, 2.75) is 25.9 Å². The highest BCUT2D eigenvalue weighted by Crippen LogP contribution is 2.29. The molecule has 0 bridgehead atoms. The van der Waals surface area contributed by atoms with Crippen LogP contribution in [0.2, 0.25) is 5.02 Å². The minimum Gasteiger partial charge on any atom is -0.329 e. The lowest BCUT2D eigenvalue weighted by Gasteiger charge is -2.33. The van der Waals surface area contributed by atoms with Gasteiger partial charge in [-0.1, -0.05) is 53.6 Å². The van der Waals surface area contributed by atoms with Crippen LogP contribution in [0.1, 0.15) is 35.7 Å². The number of likely N-dealkylation sites (N-methyl/N-ethyl adjacent to an activating group) is 1. The van der Waals surface area contributed by atoms with Gasteiger partial charge in [0.15, 0.2) is 0 Å². The van der Waals surface area contributed by atoms with E-state index in [2.05, 4.69) is 56.1 Å². The van der Waals surface area contributed by atoms with E-state index in [4.69, 9.17) is 17.3 Å². The lowest BCUT2D eigenvalue weighted by molar-refractivity contribution is 0.190. The first-order valence-corrected chi connectivity index (χ1v) is 7.64. The Bertz CT molecular complexity index is 597. The van der Waals surface area contributed by atoms with E-state index in [1.165, 1.54) is 16.7 Å². The van der Waals surface area contributed by atoms with E-state index in [1.54, 1.807) is 0 Å². The van der Waals surface area contributed by atoms with Crippen LogP contribution >= 0.6 is 11.6 Å². The van der Waals surface area contributed by atoms with E-state index >= 15 is 0 Å². The highest BCUT2D eigenvalue weighted by Gasteiger charge is 2.21. The highest BCUT2D eigenvalue weighted by atomic mass is 35.5. The quantitative estimate of drug-likeness (QED) is 0.890. The topological polar surface area (TPSA) is 29.3 Å². The Morgan fingerprint density at radius 3 is 2.38 bits per heavy atom. The minimum atomic E-state index is 0.193. The molecule has 2 atom stereocenters. The van der Waals surface area contributed by atoms with Crippen LogP contribution in [0.3, 0.4) is 0 Å². The average Bonchev–Trinajstić information content (AvgIpc) is 2.47. The van der Waals surface area contributed by atoms with Crippen LogP contribution in [0.4, 0.5) is 0 Å². The summed E-state index contributed by atoms with van der Waals surface area (Å²) < 4.78 is 0. The van der Waals surface area contributed by atoms with Gasteiger partial charge in [-0.05, 0) is 44.2 Å². The molecule has 0 aliphatic heterocycles. The fourth-order valence-electron chi connectivity index (χ4n) is 2.69. The van der Waals surface area contributed by atoms with Crippen LogP contribution in [0.5, 0.6) is 0 Å². The van der Waals surface area contributed by atoms with E-state index in [1.807, 2.05) is 18.2 Å². The maximum atomic E-state index is 6.10. The predicted octanol–water partition coefficient (Wildman–Crippen LogP) is 4.34. The monoisotopic (exact) mass is 302 g/mol. The number of nitrogens with two attached hydrogens (primary N) is 1. The van der Waals surface area contributed by atoms with Crippen LogP contribution < -0.4 is 5.73 Å². The molecule has 0 fully saturated rings. The van der Waals surface area contributed by atoms with Crippen molar-refractivity contribution in [3.05, 3.63) is 70.2 Å². The SMILES string of the molecule is Cc1cccc(C(CN)N(C)C(C)c2cccc(Cl)c2)c1. The molecule has 0 saturated heterocycles. The highest BCUT2D eigenvalue weighted by molar-refractivity contribution is 6.30. The van der Waals surface area contributed by atoms with Gasteiger partial charge in [0, 0.05) is 23.7 Å². The number of halogens is 1. The van der Waals surface area contributed by atoms with Crippen LogP contribution in [-0.4, -0.2) is 18.5 Å². The summed E-state index contributed by atoms with van der Waals surface area (Å²) in [6.45, 7) is 4.88. The lowest BCUT2D eigenvalue weighted by Crippen LogP contribution is -2.32. The zero-order valence-corrected chi connectivity index (χ0v) is 13.6. The van der Waals surface area contributed by atoms with Crippen LogP contribution in [0, 0.1) is 6.92 Å². The molecule has 21 heavy (non-hydrogen) atoms. The van der Waals surface area contributed by atoms with Gasteiger partial charge in [0.05, 0.1) is 0 Å². The molecule has 2 unspecified atom stereocenters. The van der Waals surface area contributed by atoms with Crippen molar-refractivity contribution in [3.63, 3.8) is 0 Å². The Morgan fingerprint density at radius 2 is 1.76 bits per heavy atom. The van der Waals surface area contributed by atoms with E-state index in [0.717, 1.165) is 5.02 Å². The molecule has 2 aromatic carbocycles. The van der Waals surface area contributed by atoms with E-state index in [0.29, 0.717) is 6.54 Å². The fourth-order valence-corrected chi connectivity index (χ4v) is 2.89. The van der Waals surface area contributed by atoms with Crippen molar-refractivity contribution < 1.29 is 0 Å². The van der Waals surface area contributed by atoms with Crippen LogP contribution in [0.25, 0.3) is 0 Å². The predicted molar refractivity (Wildman–Crippen MR) is 90.6 cm³/mol. The summed E-state index contributed by atoms with van der Waals surface area (Å²) in [4.78, 5) is 2.31. The third kappa shape index (κ3) is 3.85. The van der Waals surface area contributed by atoms with Gasteiger partial charge in [0.25, 0.3) is 0 Å². The summed E-state index contributed by atoms with van der Waals surface area (Å²) >= 11 is 6.10.